The largest absolute Gasteiger partial charge is 0.376 e. The predicted octanol–water partition coefficient (Wildman–Crippen LogP) is 2.88. The van der Waals surface area contributed by atoms with Gasteiger partial charge in [-0.05, 0) is 31.5 Å². The van der Waals surface area contributed by atoms with E-state index in [1.807, 2.05) is 42.3 Å². The van der Waals surface area contributed by atoms with E-state index in [0.29, 0.717) is 12.6 Å². The van der Waals surface area contributed by atoms with Gasteiger partial charge in [-0.3, -0.25) is 4.79 Å². The second-order valence-corrected chi connectivity index (χ2v) is 5.39. The minimum atomic E-state index is 0. The second kappa shape index (κ2) is 10.7. The fraction of sp³-hybridized carbons (Fsp3) is 0.562. The SMILES string of the molecule is CCN1CCC(N(C)C(=O)CNc2ccccc2)CC1.Cl.Cl. The van der Waals surface area contributed by atoms with E-state index >= 15 is 0 Å². The molecule has 0 spiro atoms. The van der Waals surface area contributed by atoms with Crippen molar-refractivity contribution in [2.24, 2.45) is 0 Å². The number of nitrogens with one attached hydrogen (secondary N) is 1. The minimum Gasteiger partial charge on any atom is -0.376 e. The molecule has 1 fully saturated rings. The summed E-state index contributed by atoms with van der Waals surface area (Å²) < 4.78 is 0. The Labute approximate surface area is 146 Å². The minimum absolute atomic E-state index is 0. The van der Waals surface area contributed by atoms with Gasteiger partial charge in [0.05, 0.1) is 6.54 Å². The first-order valence-electron chi connectivity index (χ1n) is 7.47. The van der Waals surface area contributed by atoms with Crippen molar-refractivity contribution in [3.63, 3.8) is 0 Å². The van der Waals surface area contributed by atoms with Crippen molar-refractivity contribution < 1.29 is 4.79 Å². The van der Waals surface area contributed by atoms with E-state index in [2.05, 4.69) is 17.1 Å². The smallest absolute Gasteiger partial charge is 0.241 e. The lowest BCUT2D eigenvalue weighted by atomic mass is 10.0. The summed E-state index contributed by atoms with van der Waals surface area (Å²) in [5.74, 6) is 0.170. The molecule has 1 aromatic rings. The Balaban J connectivity index is 0.00000220. The summed E-state index contributed by atoms with van der Waals surface area (Å²) in [6.45, 7) is 5.88. The standard InChI is InChI=1S/C16H25N3O.2ClH/c1-3-19-11-9-15(10-12-19)18(2)16(20)13-17-14-7-5-4-6-8-14;;/h4-8,15,17H,3,9-13H2,1-2H3;2*1H. The first-order valence-corrected chi connectivity index (χ1v) is 7.47. The average molecular weight is 348 g/mol. The number of para-hydroxylation sites is 1. The third-order valence-electron chi connectivity index (χ3n) is 4.16. The van der Waals surface area contributed by atoms with Crippen molar-refractivity contribution >= 4 is 36.4 Å². The van der Waals surface area contributed by atoms with Crippen molar-refractivity contribution in [2.45, 2.75) is 25.8 Å². The number of halogens is 2. The zero-order chi connectivity index (χ0) is 14.4. The van der Waals surface area contributed by atoms with Gasteiger partial charge in [-0.25, -0.2) is 0 Å². The van der Waals surface area contributed by atoms with Gasteiger partial charge in [0.2, 0.25) is 5.91 Å². The Morgan fingerprint density at radius 3 is 2.36 bits per heavy atom. The zero-order valence-corrected chi connectivity index (χ0v) is 15.0. The van der Waals surface area contributed by atoms with E-state index in [0.717, 1.165) is 38.2 Å². The van der Waals surface area contributed by atoms with Crippen molar-refractivity contribution in [3.8, 4) is 0 Å². The van der Waals surface area contributed by atoms with Crippen LogP contribution in [-0.2, 0) is 4.79 Å². The van der Waals surface area contributed by atoms with Crippen molar-refractivity contribution in [1.29, 1.82) is 0 Å². The lowest BCUT2D eigenvalue weighted by Gasteiger charge is -2.36. The number of benzene rings is 1. The highest BCUT2D eigenvalue weighted by molar-refractivity contribution is 5.85. The normalized spacial score (nSPS) is 15.4. The fourth-order valence-corrected chi connectivity index (χ4v) is 2.68. The van der Waals surface area contributed by atoms with Crippen LogP contribution in [0.4, 0.5) is 5.69 Å². The van der Waals surface area contributed by atoms with Crippen LogP contribution in [0.25, 0.3) is 0 Å². The number of nitrogens with zero attached hydrogens (tertiary/aromatic N) is 2. The van der Waals surface area contributed by atoms with Gasteiger partial charge in [0, 0.05) is 31.9 Å². The lowest BCUT2D eigenvalue weighted by Crippen LogP contribution is -2.46. The molecule has 1 aliphatic rings. The number of hydrogen-bond donors (Lipinski definition) is 1. The molecule has 126 valence electrons. The Morgan fingerprint density at radius 2 is 1.82 bits per heavy atom. The topological polar surface area (TPSA) is 35.6 Å². The van der Waals surface area contributed by atoms with Crippen molar-refractivity contribution in [3.05, 3.63) is 30.3 Å². The van der Waals surface area contributed by atoms with Crippen molar-refractivity contribution in [1.82, 2.24) is 9.80 Å². The molecule has 2 rings (SSSR count). The number of anilines is 1. The molecular weight excluding hydrogens is 321 g/mol. The summed E-state index contributed by atoms with van der Waals surface area (Å²) >= 11 is 0. The highest BCUT2D eigenvalue weighted by Gasteiger charge is 2.24. The first-order chi connectivity index (χ1) is 9.70. The van der Waals surface area contributed by atoms with Crippen LogP contribution in [0.15, 0.2) is 30.3 Å². The maximum atomic E-state index is 12.2. The van der Waals surface area contributed by atoms with Crippen LogP contribution in [0.2, 0.25) is 0 Å². The number of likely N-dealkylation sites (N-methyl/N-ethyl adjacent to an activating group) is 1. The van der Waals surface area contributed by atoms with Gasteiger partial charge in [-0.15, -0.1) is 24.8 Å². The molecule has 0 atom stereocenters. The van der Waals surface area contributed by atoms with Crippen molar-refractivity contribution in [2.75, 3.05) is 38.5 Å². The zero-order valence-electron chi connectivity index (χ0n) is 13.3. The molecule has 1 amide bonds. The predicted molar refractivity (Wildman–Crippen MR) is 97.3 cm³/mol. The average Bonchev–Trinajstić information content (AvgIpc) is 2.53. The van der Waals surface area contributed by atoms with E-state index in [9.17, 15) is 4.79 Å². The van der Waals surface area contributed by atoms with Gasteiger partial charge >= 0.3 is 0 Å². The maximum absolute atomic E-state index is 12.2. The first kappa shape index (κ1) is 21.0. The van der Waals surface area contributed by atoms with Gasteiger partial charge in [0.1, 0.15) is 0 Å². The molecule has 0 radical (unpaired) electrons. The molecule has 4 nitrogen and oxygen atoms in total. The molecule has 1 N–H and O–H groups in total. The number of amides is 1. The summed E-state index contributed by atoms with van der Waals surface area (Å²) in [5, 5.41) is 3.18. The molecule has 22 heavy (non-hydrogen) atoms. The molecule has 0 aromatic heterocycles. The van der Waals surface area contributed by atoms with Gasteiger partial charge in [-0.2, -0.15) is 0 Å². The highest BCUT2D eigenvalue weighted by Crippen LogP contribution is 2.15. The Bertz CT molecular complexity index is 423. The summed E-state index contributed by atoms with van der Waals surface area (Å²) in [4.78, 5) is 16.6. The van der Waals surface area contributed by atoms with Crippen LogP contribution in [0.1, 0.15) is 19.8 Å². The molecule has 1 heterocycles. The molecule has 0 bridgehead atoms. The third kappa shape index (κ3) is 6.03. The molecule has 6 heteroatoms. The molecule has 0 unspecified atom stereocenters. The lowest BCUT2D eigenvalue weighted by molar-refractivity contribution is -0.130. The molecular formula is C16H27Cl2N3O. The van der Waals surface area contributed by atoms with Crippen LogP contribution in [-0.4, -0.2) is 55.0 Å². The molecule has 1 aliphatic heterocycles. The van der Waals surface area contributed by atoms with E-state index in [4.69, 9.17) is 0 Å². The molecule has 1 aromatic carbocycles. The van der Waals surface area contributed by atoms with Gasteiger partial charge in [-0.1, -0.05) is 25.1 Å². The van der Waals surface area contributed by atoms with E-state index in [-0.39, 0.29) is 30.7 Å². The summed E-state index contributed by atoms with van der Waals surface area (Å²) in [7, 11) is 1.93. The Hall–Kier alpha value is -0.970. The van der Waals surface area contributed by atoms with Gasteiger partial charge in [0.15, 0.2) is 0 Å². The number of hydrogen-bond acceptors (Lipinski definition) is 3. The molecule has 0 aliphatic carbocycles. The van der Waals surface area contributed by atoms with Crippen LogP contribution in [0, 0.1) is 0 Å². The van der Waals surface area contributed by atoms with Gasteiger partial charge in [0.25, 0.3) is 0 Å². The highest BCUT2D eigenvalue weighted by atomic mass is 35.5. The van der Waals surface area contributed by atoms with E-state index in [1.54, 1.807) is 0 Å². The number of likely N-dealkylation sites (tertiary alicyclic amines) is 1. The Kier molecular flexibility index (Phi) is 10.2. The monoisotopic (exact) mass is 347 g/mol. The third-order valence-corrected chi connectivity index (χ3v) is 4.16. The number of rotatable bonds is 5. The summed E-state index contributed by atoms with van der Waals surface area (Å²) in [6.07, 6.45) is 2.17. The fourth-order valence-electron chi connectivity index (χ4n) is 2.68. The Morgan fingerprint density at radius 1 is 1.23 bits per heavy atom. The van der Waals surface area contributed by atoms with E-state index in [1.165, 1.54) is 0 Å². The van der Waals surface area contributed by atoms with Crippen LogP contribution < -0.4 is 5.32 Å². The number of carbonyl (C=O) groups excluding carboxylic acids is 1. The van der Waals surface area contributed by atoms with Crippen LogP contribution >= 0.6 is 24.8 Å². The summed E-state index contributed by atoms with van der Waals surface area (Å²) in [5.41, 5.74) is 0.995. The maximum Gasteiger partial charge on any atom is 0.241 e. The summed E-state index contributed by atoms with van der Waals surface area (Å²) in [6, 6.07) is 10.3. The number of carbonyl (C=O) groups is 1. The van der Waals surface area contributed by atoms with Gasteiger partial charge < -0.3 is 15.1 Å². The van der Waals surface area contributed by atoms with Crippen LogP contribution in [0.5, 0.6) is 0 Å². The second-order valence-electron chi connectivity index (χ2n) is 5.39. The molecule has 0 saturated carbocycles. The number of piperidine rings is 1. The van der Waals surface area contributed by atoms with E-state index < -0.39 is 0 Å². The molecule has 1 saturated heterocycles. The van der Waals surface area contributed by atoms with Crippen LogP contribution in [0.3, 0.4) is 0 Å². The quantitative estimate of drug-likeness (QED) is 0.889.